The van der Waals surface area contributed by atoms with Crippen LogP contribution in [-0.2, 0) is 37.6 Å². The van der Waals surface area contributed by atoms with Crippen LogP contribution in [0.2, 0.25) is 0 Å². The molecule has 0 spiro atoms. The highest BCUT2D eigenvalue weighted by Gasteiger charge is 2.21. The number of rotatable bonds is 6. The number of fused-ring (bicyclic) bond motifs is 1. The lowest BCUT2D eigenvalue weighted by Gasteiger charge is -2.27. The Labute approximate surface area is 155 Å². The van der Waals surface area contributed by atoms with E-state index < -0.39 is 11.6 Å². The van der Waals surface area contributed by atoms with Crippen LogP contribution in [0.4, 0.5) is 8.78 Å². The second kappa shape index (κ2) is 7.89. The number of pyridine rings is 1. The van der Waals surface area contributed by atoms with Crippen LogP contribution in [-0.4, -0.2) is 31.2 Å². The van der Waals surface area contributed by atoms with E-state index in [1.54, 1.807) is 18.5 Å². The number of halogens is 2. The molecule has 140 valence electrons. The van der Waals surface area contributed by atoms with Gasteiger partial charge in [0.05, 0.1) is 13.2 Å². The highest BCUT2D eigenvalue weighted by Crippen LogP contribution is 2.17. The fourth-order valence-electron chi connectivity index (χ4n) is 3.15. The van der Waals surface area contributed by atoms with Crippen molar-refractivity contribution in [2.24, 2.45) is 0 Å². The molecule has 0 saturated carbocycles. The predicted molar refractivity (Wildman–Crippen MR) is 93.2 cm³/mol. The van der Waals surface area contributed by atoms with Gasteiger partial charge in [0.25, 0.3) is 0 Å². The molecule has 1 aliphatic rings. The minimum atomic E-state index is -0.826. The molecule has 3 heterocycles. The molecule has 0 atom stereocenters. The summed E-state index contributed by atoms with van der Waals surface area (Å²) in [4.78, 5) is 6.20. The van der Waals surface area contributed by atoms with Crippen molar-refractivity contribution in [2.75, 3.05) is 6.54 Å². The van der Waals surface area contributed by atoms with Crippen molar-refractivity contribution in [1.29, 1.82) is 0 Å². The van der Waals surface area contributed by atoms with E-state index in [2.05, 4.69) is 24.6 Å². The largest absolute Gasteiger partial charge is 0.369 e. The summed E-state index contributed by atoms with van der Waals surface area (Å²) >= 11 is 0. The first-order valence-corrected chi connectivity index (χ1v) is 8.73. The summed E-state index contributed by atoms with van der Waals surface area (Å²) in [6.45, 7) is 3.51. The van der Waals surface area contributed by atoms with E-state index in [4.69, 9.17) is 4.74 Å². The molecular weight excluding hydrogens is 352 g/mol. The zero-order valence-corrected chi connectivity index (χ0v) is 14.7. The van der Waals surface area contributed by atoms with Gasteiger partial charge in [-0.1, -0.05) is 12.1 Å². The molecule has 6 nitrogen and oxygen atoms in total. The van der Waals surface area contributed by atoms with Crippen molar-refractivity contribution < 1.29 is 13.5 Å². The van der Waals surface area contributed by atoms with E-state index in [-0.39, 0.29) is 0 Å². The lowest BCUT2D eigenvalue weighted by Crippen LogP contribution is -2.34. The molecule has 3 aromatic rings. The Morgan fingerprint density at radius 2 is 1.93 bits per heavy atom. The van der Waals surface area contributed by atoms with Gasteiger partial charge in [-0.2, -0.15) is 0 Å². The van der Waals surface area contributed by atoms with Gasteiger partial charge in [0.15, 0.2) is 17.5 Å². The molecule has 0 aliphatic carbocycles. The van der Waals surface area contributed by atoms with Crippen LogP contribution < -0.4 is 0 Å². The normalized spacial score (nSPS) is 14.3. The number of hydrogen-bond donors (Lipinski definition) is 0. The zero-order chi connectivity index (χ0) is 18.6. The van der Waals surface area contributed by atoms with E-state index in [0.29, 0.717) is 26.3 Å². The minimum absolute atomic E-state index is 0.380. The molecule has 0 bridgehead atoms. The molecule has 0 amide bonds. The van der Waals surface area contributed by atoms with Gasteiger partial charge in [0.2, 0.25) is 0 Å². The molecular formula is C19H19F2N5O. The Hall–Kier alpha value is -2.71. The summed E-state index contributed by atoms with van der Waals surface area (Å²) in [5.74, 6) is -0.000955. The smallest absolute Gasteiger partial charge is 0.159 e. The third kappa shape index (κ3) is 4.17. The third-order valence-corrected chi connectivity index (χ3v) is 4.52. The van der Waals surface area contributed by atoms with Gasteiger partial charge in [-0.15, -0.1) is 10.2 Å². The second-order valence-electron chi connectivity index (χ2n) is 6.50. The van der Waals surface area contributed by atoms with Crippen molar-refractivity contribution in [3.8, 4) is 0 Å². The fraction of sp³-hybridized carbons (Fsp3) is 0.316. The lowest BCUT2D eigenvalue weighted by atomic mass is 10.2. The number of ether oxygens (including phenoxy) is 1. The summed E-state index contributed by atoms with van der Waals surface area (Å²) in [5.41, 5.74) is 1.75. The van der Waals surface area contributed by atoms with Crippen LogP contribution in [0.15, 0.2) is 42.7 Å². The number of hydrogen-bond acceptors (Lipinski definition) is 5. The van der Waals surface area contributed by atoms with Crippen LogP contribution in [0.3, 0.4) is 0 Å². The maximum absolute atomic E-state index is 13.4. The molecule has 1 aliphatic heterocycles. The van der Waals surface area contributed by atoms with Gasteiger partial charge in [-0.05, 0) is 29.3 Å². The van der Waals surface area contributed by atoms with Crippen LogP contribution in [0.5, 0.6) is 0 Å². The van der Waals surface area contributed by atoms with Crippen molar-refractivity contribution in [3.05, 3.63) is 77.1 Å². The summed E-state index contributed by atoms with van der Waals surface area (Å²) in [6, 6.07) is 7.85. The Kier molecular flexibility index (Phi) is 5.17. The fourth-order valence-corrected chi connectivity index (χ4v) is 3.15. The average Bonchev–Trinajstić information content (AvgIpc) is 3.08. The molecule has 2 aromatic heterocycles. The standard InChI is InChI=1S/C19H19F2N5O/c20-16-4-3-14(8-17(16)21)10-25-6-7-26-18(11-25)23-24-19(26)13-27-12-15-2-1-5-22-9-15/h1-5,8-9H,6-7,10-13H2. The topological polar surface area (TPSA) is 56.1 Å². The highest BCUT2D eigenvalue weighted by molar-refractivity contribution is 5.18. The highest BCUT2D eigenvalue weighted by atomic mass is 19.2. The van der Waals surface area contributed by atoms with E-state index in [1.165, 1.54) is 6.07 Å². The van der Waals surface area contributed by atoms with Crippen molar-refractivity contribution >= 4 is 0 Å². The molecule has 0 fully saturated rings. The van der Waals surface area contributed by atoms with E-state index >= 15 is 0 Å². The molecule has 27 heavy (non-hydrogen) atoms. The Morgan fingerprint density at radius 1 is 1.00 bits per heavy atom. The first-order valence-electron chi connectivity index (χ1n) is 8.73. The van der Waals surface area contributed by atoms with Crippen LogP contribution >= 0.6 is 0 Å². The monoisotopic (exact) mass is 371 g/mol. The SMILES string of the molecule is Fc1ccc(CN2CCn3c(COCc4cccnc4)nnc3C2)cc1F. The molecule has 0 radical (unpaired) electrons. The summed E-state index contributed by atoms with van der Waals surface area (Å²) in [7, 11) is 0. The first-order chi connectivity index (χ1) is 13.2. The van der Waals surface area contributed by atoms with E-state index in [0.717, 1.165) is 41.9 Å². The first kappa shape index (κ1) is 17.7. The van der Waals surface area contributed by atoms with Gasteiger partial charge in [-0.25, -0.2) is 8.78 Å². The minimum Gasteiger partial charge on any atom is -0.369 e. The number of aromatic nitrogens is 4. The van der Waals surface area contributed by atoms with Gasteiger partial charge < -0.3 is 9.30 Å². The maximum Gasteiger partial charge on any atom is 0.159 e. The third-order valence-electron chi connectivity index (χ3n) is 4.52. The molecule has 1 aromatic carbocycles. The van der Waals surface area contributed by atoms with E-state index in [1.807, 2.05) is 12.1 Å². The maximum atomic E-state index is 13.4. The van der Waals surface area contributed by atoms with Gasteiger partial charge in [-0.3, -0.25) is 9.88 Å². The molecule has 0 unspecified atom stereocenters. The number of benzene rings is 1. The van der Waals surface area contributed by atoms with Gasteiger partial charge >= 0.3 is 0 Å². The Morgan fingerprint density at radius 3 is 2.74 bits per heavy atom. The quantitative estimate of drug-likeness (QED) is 0.667. The molecule has 0 N–H and O–H groups in total. The van der Waals surface area contributed by atoms with Crippen LogP contribution in [0.25, 0.3) is 0 Å². The van der Waals surface area contributed by atoms with Gasteiger partial charge in [0.1, 0.15) is 12.4 Å². The number of nitrogens with zero attached hydrogens (tertiary/aromatic N) is 5. The molecule has 4 rings (SSSR count). The van der Waals surface area contributed by atoms with Gasteiger partial charge in [0, 0.05) is 32.0 Å². The zero-order valence-electron chi connectivity index (χ0n) is 14.7. The molecule has 8 heteroatoms. The van der Waals surface area contributed by atoms with Crippen LogP contribution in [0.1, 0.15) is 22.8 Å². The lowest BCUT2D eigenvalue weighted by molar-refractivity contribution is 0.0966. The molecule has 0 saturated heterocycles. The van der Waals surface area contributed by atoms with Crippen molar-refractivity contribution in [3.63, 3.8) is 0 Å². The Bertz CT molecular complexity index is 916. The summed E-state index contributed by atoms with van der Waals surface area (Å²) < 4.78 is 34.2. The van der Waals surface area contributed by atoms with Crippen molar-refractivity contribution in [2.45, 2.75) is 32.8 Å². The van der Waals surface area contributed by atoms with E-state index in [9.17, 15) is 8.78 Å². The van der Waals surface area contributed by atoms with Crippen LogP contribution in [0, 0.1) is 11.6 Å². The second-order valence-corrected chi connectivity index (χ2v) is 6.50. The predicted octanol–water partition coefficient (Wildman–Crippen LogP) is 2.68. The average molecular weight is 371 g/mol. The summed E-state index contributed by atoms with van der Waals surface area (Å²) in [5, 5.41) is 8.48. The van der Waals surface area contributed by atoms with Crippen molar-refractivity contribution in [1.82, 2.24) is 24.6 Å². The Balaban J connectivity index is 1.34. The summed E-state index contributed by atoms with van der Waals surface area (Å²) in [6.07, 6.45) is 3.50.